The zero-order valence-corrected chi connectivity index (χ0v) is 10.3. The third-order valence-corrected chi connectivity index (χ3v) is 2.19. The average molecular weight is 216 g/mol. The Bertz CT molecular complexity index is 174. The summed E-state index contributed by atoms with van der Waals surface area (Å²) in [4.78, 5) is 11.4. The number of hydrogen-bond donors (Lipinski definition) is 2. The van der Waals surface area contributed by atoms with Crippen LogP contribution in [0.25, 0.3) is 0 Å². The largest absolute Gasteiger partial charge is 0.384 e. The van der Waals surface area contributed by atoms with E-state index in [0.717, 1.165) is 13.1 Å². The van der Waals surface area contributed by atoms with Crippen molar-refractivity contribution in [3.05, 3.63) is 0 Å². The van der Waals surface area contributed by atoms with Crippen molar-refractivity contribution in [2.45, 2.75) is 20.3 Å². The first-order valence-corrected chi connectivity index (χ1v) is 5.50. The van der Waals surface area contributed by atoms with E-state index in [-0.39, 0.29) is 11.8 Å². The standard InChI is InChI=1S/C11H24N2O2/c1-9(8-15-4)5-11(14)13-7-10(2)6-12-3/h9-10,12H,5-8H2,1-4H3,(H,13,14). The first kappa shape index (κ1) is 14.4. The normalized spacial score (nSPS) is 14.7. The molecule has 4 heteroatoms. The van der Waals surface area contributed by atoms with Gasteiger partial charge in [-0.05, 0) is 25.4 Å². The zero-order valence-electron chi connectivity index (χ0n) is 10.3. The second kappa shape index (κ2) is 8.68. The minimum Gasteiger partial charge on any atom is -0.384 e. The van der Waals surface area contributed by atoms with Gasteiger partial charge in [-0.1, -0.05) is 13.8 Å². The molecule has 0 aromatic carbocycles. The zero-order chi connectivity index (χ0) is 11.7. The minimum atomic E-state index is 0.113. The van der Waals surface area contributed by atoms with Crippen LogP contribution in [0.3, 0.4) is 0 Å². The predicted octanol–water partition coefficient (Wildman–Crippen LogP) is 0.631. The van der Waals surface area contributed by atoms with Gasteiger partial charge in [0.1, 0.15) is 0 Å². The Balaban J connectivity index is 3.56. The fourth-order valence-corrected chi connectivity index (χ4v) is 1.44. The molecule has 1 amide bonds. The molecule has 0 fully saturated rings. The molecule has 2 unspecified atom stereocenters. The maximum Gasteiger partial charge on any atom is 0.220 e. The van der Waals surface area contributed by atoms with Gasteiger partial charge >= 0.3 is 0 Å². The molecule has 0 rings (SSSR count). The summed E-state index contributed by atoms with van der Waals surface area (Å²) in [6.07, 6.45) is 0.542. The Morgan fingerprint density at radius 1 is 1.27 bits per heavy atom. The summed E-state index contributed by atoms with van der Waals surface area (Å²) < 4.78 is 4.98. The second-order valence-corrected chi connectivity index (χ2v) is 4.23. The van der Waals surface area contributed by atoms with E-state index in [0.29, 0.717) is 18.9 Å². The van der Waals surface area contributed by atoms with Gasteiger partial charge in [0.25, 0.3) is 0 Å². The molecule has 0 heterocycles. The first-order chi connectivity index (χ1) is 7.10. The Morgan fingerprint density at radius 2 is 1.93 bits per heavy atom. The molecule has 0 aromatic heterocycles. The van der Waals surface area contributed by atoms with E-state index in [2.05, 4.69) is 17.6 Å². The van der Waals surface area contributed by atoms with Crippen molar-refractivity contribution in [2.24, 2.45) is 11.8 Å². The van der Waals surface area contributed by atoms with E-state index < -0.39 is 0 Å². The van der Waals surface area contributed by atoms with Crippen LogP contribution in [0.5, 0.6) is 0 Å². The number of rotatable bonds is 8. The van der Waals surface area contributed by atoms with Crippen molar-refractivity contribution in [1.29, 1.82) is 0 Å². The highest BCUT2D eigenvalue weighted by Crippen LogP contribution is 2.01. The highest BCUT2D eigenvalue weighted by molar-refractivity contribution is 5.76. The van der Waals surface area contributed by atoms with E-state index in [4.69, 9.17) is 4.74 Å². The molecule has 15 heavy (non-hydrogen) atoms. The van der Waals surface area contributed by atoms with Crippen LogP contribution in [0.15, 0.2) is 0 Å². The average Bonchev–Trinajstić information content (AvgIpc) is 2.15. The van der Waals surface area contributed by atoms with Gasteiger partial charge in [0, 0.05) is 26.7 Å². The van der Waals surface area contributed by atoms with Gasteiger partial charge in [0.2, 0.25) is 5.91 Å². The molecule has 90 valence electrons. The fourth-order valence-electron chi connectivity index (χ4n) is 1.44. The lowest BCUT2D eigenvalue weighted by Gasteiger charge is -2.14. The van der Waals surface area contributed by atoms with Crippen LogP contribution in [-0.2, 0) is 9.53 Å². The van der Waals surface area contributed by atoms with Gasteiger partial charge in [0.05, 0.1) is 0 Å². The molecule has 0 spiro atoms. The van der Waals surface area contributed by atoms with Crippen LogP contribution in [0.2, 0.25) is 0 Å². The van der Waals surface area contributed by atoms with Crippen LogP contribution in [0.4, 0.5) is 0 Å². The van der Waals surface area contributed by atoms with Crippen LogP contribution in [0.1, 0.15) is 20.3 Å². The Labute approximate surface area is 92.8 Å². The van der Waals surface area contributed by atoms with E-state index in [1.807, 2.05) is 14.0 Å². The number of methoxy groups -OCH3 is 1. The maximum atomic E-state index is 11.4. The van der Waals surface area contributed by atoms with Crippen molar-refractivity contribution >= 4 is 5.91 Å². The number of hydrogen-bond acceptors (Lipinski definition) is 3. The lowest BCUT2D eigenvalue weighted by Crippen LogP contribution is -2.33. The van der Waals surface area contributed by atoms with Crippen molar-refractivity contribution in [1.82, 2.24) is 10.6 Å². The van der Waals surface area contributed by atoms with Crippen LogP contribution in [-0.4, -0.2) is 39.8 Å². The van der Waals surface area contributed by atoms with Crippen molar-refractivity contribution in [2.75, 3.05) is 33.9 Å². The molecule has 2 N–H and O–H groups in total. The lowest BCUT2D eigenvalue weighted by molar-refractivity contribution is -0.122. The van der Waals surface area contributed by atoms with Gasteiger partial charge in [-0.2, -0.15) is 0 Å². The number of amides is 1. The Morgan fingerprint density at radius 3 is 2.47 bits per heavy atom. The fraction of sp³-hybridized carbons (Fsp3) is 0.909. The van der Waals surface area contributed by atoms with Crippen LogP contribution < -0.4 is 10.6 Å². The molecule has 0 radical (unpaired) electrons. The lowest BCUT2D eigenvalue weighted by atomic mass is 10.1. The third-order valence-electron chi connectivity index (χ3n) is 2.19. The molecule has 4 nitrogen and oxygen atoms in total. The van der Waals surface area contributed by atoms with Gasteiger partial charge in [-0.25, -0.2) is 0 Å². The molecule has 0 bridgehead atoms. The van der Waals surface area contributed by atoms with Gasteiger partial charge in [-0.3, -0.25) is 4.79 Å². The monoisotopic (exact) mass is 216 g/mol. The molecule has 0 aliphatic carbocycles. The highest BCUT2D eigenvalue weighted by atomic mass is 16.5. The van der Waals surface area contributed by atoms with Gasteiger partial charge < -0.3 is 15.4 Å². The highest BCUT2D eigenvalue weighted by Gasteiger charge is 2.09. The summed E-state index contributed by atoms with van der Waals surface area (Å²) in [6.45, 7) is 6.42. The second-order valence-electron chi connectivity index (χ2n) is 4.23. The van der Waals surface area contributed by atoms with Gasteiger partial charge in [-0.15, -0.1) is 0 Å². The molecule has 2 atom stereocenters. The molecule has 0 aromatic rings. The number of ether oxygens (including phenoxy) is 1. The molecule has 0 saturated carbocycles. The summed E-state index contributed by atoms with van der Waals surface area (Å²) in [5, 5.41) is 6.00. The maximum absolute atomic E-state index is 11.4. The molecule has 0 aliphatic heterocycles. The molecule has 0 saturated heterocycles. The van der Waals surface area contributed by atoms with E-state index in [1.54, 1.807) is 7.11 Å². The summed E-state index contributed by atoms with van der Waals surface area (Å²) in [7, 11) is 3.57. The van der Waals surface area contributed by atoms with E-state index in [9.17, 15) is 4.79 Å². The first-order valence-electron chi connectivity index (χ1n) is 5.50. The van der Waals surface area contributed by atoms with E-state index in [1.165, 1.54) is 0 Å². The summed E-state index contributed by atoms with van der Waals surface area (Å²) in [5.41, 5.74) is 0. The van der Waals surface area contributed by atoms with E-state index >= 15 is 0 Å². The predicted molar refractivity (Wildman–Crippen MR) is 61.8 cm³/mol. The smallest absolute Gasteiger partial charge is 0.220 e. The van der Waals surface area contributed by atoms with Crippen molar-refractivity contribution in [3.8, 4) is 0 Å². The summed E-state index contributed by atoms with van der Waals surface area (Å²) in [5.74, 6) is 0.869. The quantitative estimate of drug-likeness (QED) is 0.626. The third kappa shape index (κ3) is 8.39. The van der Waals surface area contributed by atoms with Crippen molar-refractivity contribution in [3.63, 3.8) is 0 Å². The van der Waals surface area contributed by atoms with Crippen molar-refractivity contribution < 1.29 is 9.53 Å². The summed E-state index contributed by atoms with van der Waals surface area (Å²) in [6, 6.07) is 0. The Hall–Kier alpha value is -0.610. The van der Waals surface area contributed by atoms with Crippen LogP contribution in [0, 0.1) is 11.8 Å². The Kier molecular flexibility index (Phi) is 8.33. The molecular weight excluding hydrogens is 192 g/mol. The number of carbonyl (C=O) groups is 1. The summed E-state index contributed by atoms with van der Waals surface area (Å²) >= 11 is 0. The minimum absolute atomic E-state index is 0.113. The van der Waals surface area contributed by atoms with Gasteiger partial charge in [0.15, 0.2) is 0 Å². The SMILES string of the molecule is CNCC(C)CNC(=O)CC(C)COC. The molecule has 0 aliphatic rings. The topological polar surface area (TPSA) is 50.4 Å². The molecular formula is C11H24N2O2. The van der Waals surface area contributed by atoms with Crippen LogP contribution >= 0.6 is 0 Å². The number of nitrogens with one attached hydrogen (secondary N) is 2. The number of carbonyl (C=O) groups excluding carboxylic acids is 1.